The highest BCUT2D eigenvalue weighted by Gasteiger charge is 2.08. The number of nitrogens with one attached hydrogen (secondary N) is 1. The van der Waals surface area contributed by atoms with E-state index >= 15 is 0 Å². The summed E-state index contributed by atoms with van der Waals surface area (Å²) < 4.78 is 5.37. The fraction of sp³-hybridized carbons (Fsp3) is 0.333. The predicted octanol–water partition coefficient (Wildman–Crippen LogP) is 4.13. The van der Waals surface area contributed by atoms with Crippen LogP contribution in [0.25, 0.3) is 0 Å². The quantitative estimate of drug-likeness (QED) is 0.865. The predicted molar refractivity (Wildman–Crippen MR) is 82.3 cm³/mol. The van der Waals surface area contributed by atoms with Crippen LogP contribution in [0.15, 0.2) is 35.7 Å². The molecule has 2 rings (SSSR count). The lowest BCUT2D eigenvalue weighted by Gasteiger charge is -2.15. The lowest BCUT2D eigenvalue weighted by atomic mass is 10.1. The topological polar surface area (TPSA) is 21.3 Å². The van der Waals surface area contributed by atoms with Crippen LogP contribution in [0, 0.1) is 0 Å². The van der Waals surface area contributed by atoms with Gasteiger partial charge in [-0.3, -0.25) is 0 Å². The second kappa shape index (κ2) is 6.94. The number of rotatable bonds is 6. The molecule has 0 saturated heterocycles. The van der Waals surface area contributed by atoms with Gasteiger partial charge >= 0.3 is 0 Å². The van der Waals surface area contributed by atoms with E-state index in [2.05, 4.69) is 18.3 Å². The fourth-order valence-corrected chi connectivity index (χ4v) is 3.02. The van der Waals surface area contributed by atoms with E-state index in [0.717, 1.165) is 23.7 Å². The van der Waals surface area contributed by atoms with Gasteiger partial charge in [0.05, 0.1) is 12.1 Å². The number of methoxy groups -OCH3 is 1. The van der Waals surface area contributed by atoms with Crippen molar-refractivity contribution < 1.29 is 4.74 Å². The van der Waals surface area contributed by atoms with Crippen LogP contribution >= 0.6 is 22.9 Å². The van der Waals surface area contributed by atoms with Gasteiger partial charge in [-0.1, -0.05) is 29.8 Å². The number of thiophene rings is 1. The Kier molecular flexibility index (Phi) is 5.25. The molecule has 4 heteroatoms. The van der Waals surface area contributed by atoms with Crippen molar-refractivity contribution in [1.82, 2.24) is 5.32 Å². The van der Waals surface area contributed by atoms with Crippen molar-refractivity contribution in [3.8, 4) is 5.75 Å². The maximum Gasteiger partial charge on any atom is 0.122 e. The summed E-state index contributed by atoms with van der Waals surface area (Å²) in [5, 5.41) is 6.29. The SMILES string of the molecule is COc1ccccc1CC(C)NCc1cc(Cl)cs1. The van der Waals surface area contributed by atoms with Crippen molar-refractivity contribution in [2.45, 2.75) is 25.9 Å². The molecule has 0 amide bonds. The van der Waals surface area contributed by atoms with E-state index in [9.17, 15) is 0 Å². The number of hydrogen-bond acceptors (Lipinski definition) is 3. The molecule has 1 atom stereocenters. The largest absolute Gasteiger partial charge is 0.496 e. The minimum atomic E-state index is 0.386. The maximum atomic E-state index is 5.91. The third-order valence-electron chi connectivity index (χ3n) is 2.97. The molecule has 1 unspecified atom stereocenters. The number of para-hydroxylation sites is 1. The van der Waals surface area contributed by atoms with Gasteiger partial charge in [-0.15, -0.1) is 11.3 Å². The Hall–Kier alpha value is -1.03. The van der Waals surface area contributed by atoms with E-state index < -0.39 is 0 Å². The van der Waals surface area contributed by atoms with Crippen LogP contribution in [0.3, 0.4) is 0 Å². The van der Waals surface area contributed by atoms with Crippen LogP contribution < -0.4 is 10.1 Å². The van der Waals surface area contributed by atoms with Gasteiger partial charge in [0.15, 0.2) is 0 Å². The Balaban J connectivity index is 1.88. The molecule has 19 heavy (non-hydrogen) atoms. The summed E-state index contributed by atoms with van der Waals surface area (Å²) in [5.41, 5.74) is 1.23. The minimum absolute atomic E-state index is 0.386. The highest BCUT2D eigenvalue weighted by molar-refractivity contribution is 7.10. The van der Waals surface area contributed by atoms with Gasteiger partial charge in [-0.2, -0.15) is 0 Å². The van der Waals surface area contributed by atoms with Crippen LogP contribution in [-0.4, -0.2) is 13.2 Å². The first-order valence-corrected chi connectivity index (χ1v) is 7.53. The Morgan fingerprint density at radius 1 is 1.37 bits per heavy atom. The number of ether oxygens (including phenoxy) is 1. The van der Waals surface area contributed by atoms with Gasteiger partial charge in [0, 0.05) is 22.8 Å². The third kappa shape index (κ3) is 4.23. The van der Waals surface area contributed by atoms with E-state index in [1.165, 1.54) is 10.4 Å². The second-order valence-corrected chi connectivity index (χ2v) is 5.96. The average Bonchev–Trinajstić information content (AvgIpc) is 2.83. The first-order chi connectivity index (χ1) is 9.19. The molecule has 102 valence electrons. The van der Waals surface area contributed by atoms with Crippen molar-refractivity contribution in [1.29, 1.82) is 0 Å². The summed E-state index contributed by atoms with van der Waals surface area (Å²) in [6.07, 6.45) is 0.948. The first kappa shape index (κ1) is 14.4. The zero-order valence-electron chi connectivity index (χ0n) is 11.2. The monoisotopic (exact) mass is 295 g/mol. The van der Waals surface area contributed by atoms with Crippen molar-refractivity contribution in [3.05, 3.63) is 51.2 Å². The van der Waals surface area contributed by atoms with Gasteiger partial charge in [-0.25, -0.2) is 0 Å². The van der Waals surface area contributed by atoms with Crippen molar-refractivity contribution in [3.63, 3.8) is 0 Å². The Labute approximate surface area is 123 Å². The van der Waals surface area contributed by atoms with E-state index in [1.54, 1.807) is 18.4 Å². The maximum absolute atomic E-state index is 5.91. The zero-order chi connectivity index (χ0) is 13.7. The molecule has 0 radical (unpaired) electrons. The molecule has 0 fully saturated rings. The van der Waals surface area contributed by atoms with Crippen LogP contribution in [0.2, 0.25) is 5.02 Å². The Bertz CT molecular complexity index is 526. The van der Waals surface area contributed by atoms with Gasteiger partial charge in [0.25, 0.3) is 0 Å². The molecule has 0 aliphatic rings. The molecule has 1 aromatic heterocycles. The minimum Gasteiger partial charge on any atom is -0.496 e. The average molecular weight is 296 g/mol. The van der Waals surface area contributed by atoms with Gasteiger partial charge in [0.1, 0.15) is 5.75 Å². The van der Waals surface area contributed by atoms with Crippen molar-refractivity contribution in [2.24, 2.45) is 0 Å². The van der Waals surface area contributed by atoms with E-state index in [1.807, 2.05) is 29.6 Å². The van der Waals surface area contributed by atoms with E-state index in [-0.39, 0.29) is 0 Å². The zero-order valence-corrected chi connectivity index (χ0v) is 12.7. The lowest BCUT2D eigenvalue weighted by Crippen LogP contribution is -2.27. The molecule has 1 N–H and O–H groups in total. The molecule has 0 bridgehead atoms. The fourth-order valence-electron chi connectivity index (χ4n) is 1.99. The van der Waals surface area contributed by atoms with Crippen LogP contribution in [0.5, 0.6) is 5.75 Å². The summed E-state index contributed by atoms with van der Waals surface area (Å²) in [4.78, 5) is 1.26. The third-order valence-corrected chi connectivity index (χ3v) is 4.25. The normalized spacial score (nSPS) is 12.4. The molecule has 1 heterocycles. The molecule has 0 aliphatic carbocycles. The second-order valence-electron chi connectivity index (χ2n) is 4.53. The summed E-state index contributed by atoms with van der Waals surface area (Å²) in [6, 6.07) is 10.5. The number of hydrogen-bond donors (Lipinski definition) is 1. The molecular formula is C15H18ClNOS. The number of halogens is 1. The number of benzene rings is 1. The summed E-state index contributed by atoms with van der Waals surface area (Å²) >= 11 is 7.60. The van der Waals surface area contributed by atoms with Crippen LogP contribution in [-0.2, 0) is 13.0 Å². The first-order valence-electron chi connectivity index (χ1n) is 6.27. The molecule has 0 spiro atoms. The van der Waals surface area contributed by atoms with Gasteiger partial charge in [0.2, 0.25) is 0 Å². The molecule has 0 saturated carbocycles. The smallest absolute Gasteiger partial charge is 0.122 e. The van der Waals surface area contributed by atoms with Crippen LogP contribution in [0.4, 0.5) is 0 Å². The lowest BCUT2D eigenvalue weighted by molar-refractivity contribution is 0.406. The highest BCUT2D eigenvalue weighted by Crippen LogP contribution is 2.20. The van der Waals surface area contributed by atoms with Crippen LogP contribution in [0.1, 0.15) is 17.4 Å². The highest BCUT2D eigenvalue weighted by atomic mass is 35.5. The van der Waals surface area contributed by atoms with Gasteiger partial charge in [-0.05, 0) is 31.0 Å². The molecular weight excluding hydrogens is 278 g/mol. The molecule has 2 aromatic rings. The van der Waals surface area contributed by atoms with E-state index in [4.69, 9.17) is 16.3 Å². The standard InChI is InChI=1S/C15H18ClNOS/c1-11(17-9-14-8-13(16)10-19-14)7-12-5-3-4-6-15(12)18-2/h3-6,8,10-11,17H,7,9H2,1-2H3. The van der Waals surface area contributed by atoms with E-state index in [0.29, 0.717) is 6.04 Å². The molecule has 0 aliphatic heterocycles. The van der Waals surface area contributed by atoms with Crippen molar-refractivity contribution >= 4 is 22.9 Å². The Morgan fingerprint density at radius 3 is 2.84 bits per heavy atom. The Morgan fingerprint density at radius 2 is 2.16 bits per heavy atom. The molecule has 2 nitrogen and oxygen atoms in total. The van der Waals surface area contributed by atoms with Crippen molar-refractivity contribution in [2.75, 3.05) is 7.11 Å². The summed E-state index contributed by atoms with van der Waals surface area (Å²) in [7, 11) is 1.71. The molecule has 1 aromatic carbocycles. The van der Waals surface area contributed by atoms with Gasteiger partial charge < -0.3 is 10.1 Å². The summed E-state index contributed by atoms with van der Waals surface area (Å²) in [6.45, 7) is 3.04. The summed E-state index contributed by atoms with van der Waals surface area (Å²) in [5.74, 6) is 0.954.